The van der Waals surface area contributed by atoms with Crippen molar-refractivity contribution in [3.8, 4) is 0 Å². The SMILES string of the molecule is O=C(COC(=O)c1c(F)cccc1Cl)Nc1cccc(F)c1. The van der Waals surface area contributed by atoms with Crippen molar-refractivity contribution in [3.05, 3.63) is 64.7 Å². The Morgan fingerprint density at radius 3 is 2.55 bits per heavy atom. The quantitative estimate of drug-likeness (QED) is 0.876. The molecule has 0 aliphatic rings. The van der Waals surface area contributed by atoms with Crippen LogP contribution in [0.1, 0.15) is 10.4 Å². The molecule has 0 atom stereocenters. The third-order valence-electron chi connectivity index (χ3n) is 2.61. The highest BCUT2D eigenvalue weighted by Gasteiger charge is 2.18. The van der Waals surface area contributed by atoms with Gasteiger partial charge in [0.2, 0.25) is 0 Å². The molecule has 7 heteroatoms. The maximum Gasteiger partial charge on any atom is 0.343 e. The van der Waals surface area contributed by atoms with Crippen molar-refractivity contribution in [2.75, 3.05) is 11.9 Å². The molecule has 4 nitrogen and oxygen atoms in total. The van der Waals surface area contributed by atoms with Crippen molar-refractivity contribution in [3.63, 3.8) is 0 Å². The molecule has 0 bridgehead atoms. The third kappa shape index (κ3) is 4.02. The number of halogens is 3. The van der Waals surface area contributed by atoms with Crippen molar-refractivity contribution in [1.29, 1.82) is 0 Å². The summed E-state index contributed by atoms with van der Waals surface area (Å²) in [5, 5.41) is 2.22. The van der Waals surface area contributed by atoms with E-state index in [-0.39, 0.29) is 10.7 Å². The molecule has 0 saturated heterocycles. The van der Waals surface area contributed by atoms with Crippen molar-refractivity contribution in [2.24, 2.45) is 0 Å². The monoisotopic (exact) mass is 325 g/mol. The van der Waals surface area contributed by atoms with E-state index in [0.717, 1.165) is 12.1 Å². The maximum absolute atomic E-state index is 13.5. The predicted octanol–water partition coefficient (Wildman–Crippen LogP) is 3.41. The Balaban J connectivity index is 1.95. The Kier molecular flexibility index (Phi) is 5.06. The first kappa shape index (κ1) is 15.9. The van der Waals surface area contributed by atoms with Crippen LogP contribution >= 0.6 is 11.6 Å². The molecular formula is C15H10ClF2NO3. The number of benzene rings is 2. The van der Waals surface area contributed by atoms with Gasteiger partial charge >= 0.3 is 5.97 Å². The number of carbonyl (C=O) groups is 2. The van der Waals surface area contributed by atoms with E-state index in [4.69, 9.17) is 11.6 Å². The van der Waals surface area contributed by atoms with Crippen molar-refractivity contribution < 1.29 is 23.1 Å². The smallest absolute Gasteiger partial charge is 0.343 e. The van der Waals surface area contributed by atoms with E-state index in [1.807, 2.05) is 0 Å². The zero-order valence-corrected chi connectivity index (χ0v) is 11.9. The summed E-state index contributed by atoms with van der Waals surface area (Å²) in [5.74, 6) is -3.11. The number of anilines is 1. The lowest BCUT2D eigenvalue weighted by molar-refractivity contribution is -0.119. The molecule has 0 radical (unpaired) electrons. The van der Waals surface area contributed by atoms with Crippen molar-refractivity contribution in [2.45, 2.75) is 0 Å². The Bertz CT molecular complexity index is 701. The normalized spacial score (nSPS) is 10.1. The lowest BCUT2D eigenvalue weighted by Gasteiger charge is -2.08. The van der Waals surface area contributed by atoms with Gasteiger partial charge in [-0.2, -0.15) is 0 Å². The minimum Gasteiger partial charge on any atom is -0.452 e. The lowest BCUT2D eigenvalue weighted by atomic mass is 10.2. The first-order chi connectivity index (χ1) is 10.5. The fourth-order valence-electron chi connectivity index (χ4n) is 1.66. The summed E-state index contributed by atoms with van der Waals surface area (Å²) in [6.45, 7) is -0.653. The summed E-state index contributed by atoms with van der Waals surface area (Å²) in [6, 6.07) is 8.92. The summed E-state index contributed by atoms with van der Waals surface area (Å²) >= 11 is 5.70. The molecule has 2 aromatic carbocycles. The molecule has 0 aliphatic carbocycles. The molecule has 0 saturated carbocycles. The molecule has 1 N–H and O–H groups in total. The molecule has 0 spiro atoms. The number of hydrogen-bond donors (Lipinski definition) is 1. The van der Waals surface area contributed by atoms with E-state index >= 15 is 0 Å². The second kappa shape index (κ2) is 7.00. The number of carbonyl (C=O) groups excluding carboxylic acids is 2. The highest BCUT2D eigenvalue weighted by atomic mass is 35.5. The summed E-state index contributed by atoms with van der Waals surface area (Å²) in [7, 11) is 0. The van der Waals surface area contributed by atoms with Gasteiger partial charge in [-0.3, -0.25) is 4.79 Å². The van der Waals surface area contributed by atoms with Gasteiger partial charge in [0.25, 0.3) is 5.91 Å². The molecule has 0 unspecified atom stereocenters. The Hall–Kier alpha value is -2.47. The Morgan fingerprint density at radius 1 is 1.14 bits per heavy atom. The van der Waals surface area contributed by atoms with Crippen molar-refractivity contribution >= 4 is 29.2 Å². The van der Waals surface area contributed by atoms with Crippen LogP contribution in [0.4, 0.5) is 14.5 Å². The first-order valence-corrected chi connectivity index (χ1v) is 6.51. The minimum atomic E-state index is -1.06. The Labute approximate surface area is 129 Å². The molecule has 0 aliphatic heterocycles. The average Bonchev–Trinajstić information content (AvgIpc) is 2.45. The van der Waals surface area contributed by atoms with Gasteiger partial charge in [0, 0.05) is 5.69 Å². The van der Waals surface area contributed by atoms with Gasteiger partial charge in [-0.05, 0) is 30.3 Å². The number of nitrogens with one attached hydrogen (secondary N) is 1. The van der Waals surface area contributed by atoms with E-state index in [0.29, 0.717) is 0 Å². The molecule has 0 aromatic heterocycles. The molecule has 114 valence electrons. The summed E-state index contributed by atoms with van der Waals surface area (Å²) in [5.41, 5.74) is -0.229. The molecule has 2 rings (SSSR count). The third-order valence-corrected chi connectivity index (χ3v) is 2.92. The predicted molar refractivity (Wildman–Crippen MR) is 76.7 cm³/mol. The zero-order valence-electron chi connectivity index (χ0n) is 11.1. The van der Waals surface area contributed by atoms with Crippen LogP contribution in [-0.2, 0) is 9.53 Å². The molecule has 2 aromatic rings. The second-order valence-corrected chi connectivity index (χ2v) is 4.64. The molecule has 0 heterocycles. The number of hydrogen-bond acceptors (Lipinski definition) is 3. The number of ether oxygens (including phenoxy) is 1. The summed E-state index contributed by atoms with van der Waals surface area (Å²) in [6.07, 6.45) is 0. The Morgan fingerprint density at radius 2 is 1.86 bits per heavy atom. The number of amides is 1. The van der Waals surface area contributed by atoms with E-state index in [2.05, 4.69) is 10.1 Å². The van der Waals surface area contributed by atoms with Crippen LogP contribution < -0.4 is 5.32 Å². The van der Waals surface area contributed by atoms with Gasteiger partial charge in [-0.25, -0.2) is 13.6 Å². The van der Waals surface area contributed by atoms with Crippen LogP contribution in [0.2, 0.25) is 5.02 Å². The second-order valence-electron chi connectivity index (χ2n) is 4.23. The highest BCUT2D eigenvalue weighted by Crippen LogP contribution is 2.19. The molecule has 22 heavy (non-hydrogen) atoms. The largest absolute Gasteiger partial charge is 0.452 e. The average molecular weight is 326 g/mol. The van der Waals surface area contributed by atoms with E-state index in [1.54, 1.807) is 0 Å². The summed E-state index contributed by atoms with van der Waals surface area (Å²) in [4.78, 5) is 23.3. The zero-order chi connectivity index (χ0) is 16.1. The molecule has 0 fully saturated rings. The van der Waals surface area contributed by atoms with Crippen molar-refractivity contribution in [1.82, 2.24) is 0 Å². The minimum absolute atomic E-state index is 0.115. The first-order valence-electron chi connectivity index (χ1n) is 6.14. The summed E-state index contributed by atoms with van der Waals surface area (Å²) < 4.78 is 31.1. The van der Waals surface area contributed by atoms with Gasteiger partial charge in [-0.1, -0.05) is 23.7 Å². The van der Waals surface area contributed by atoms with E-state index in [9.17, 15) is 18.4 Å². The van der Waals surface area contributed by atoms with E-state index < -0.39 is 35.7 Å². The van der Waals surface area contributed by atoms with Crippen LogP contribution in [0.3, 0.4) is 0 Å². The van der Waals surface area contributed by atoms with Gasteiger partial charge in [0.15, 0.2) is 6.61 Å². The van der Waals surface area contributed by atoms with Crippen LogP contribution in [0.25, 0.3) is 0 Å². The number of esters is 1. The van der Waals surface area contributed by atoms with Crippen LogP contribution in [0, 0.1) is 11.6 Å². The van der Waals surface area contributed by atoms with Gasteiger partial charge < -0.3 is 10.1 Å². The fourth-order valence-corrected chi connectivity index (χ4v) is 1.90. The van der Waals surface area contributed by atoms with E-state index in [1.165, 1.54) is 30.3 Å². The highest BCUT2D eigenvalue weighted by molar-refractivity contribution is 6.33. The van der Waals surface area contributed by atoms with Gasteiger partial charge in [-0.15, -0.1) is 0 Å². The molecular weight excluding hydrogens is 316 g/mol. The van der Waals surface area contributed by atoms with Gasteiger partial charge in [0.05, 0.1) is 5.02 Å². The van der Waals surface area contributed by atoms with Crippen LogP contribution in [-0.4, -0.2) is 18.5 Å². The maximum atomic E-state index is 13.5. The standard InChI is InChI=1S/C15H10ClF2NO3/c16-11-5-2-6-12(18)14(11)15(21)22-8-13(20)19-10-4-1-3-9(17)7-10/h1-7H,8H2,(H,19,20). The molecule has 1 amide bonds. The lowest BCUT2D eigenvalue weighted by Crippen LogP contribution is -2.21. The fraction of sp³-hybridized carbons (Fsp3) is 0.0667. The van der Waals surface area contributed by atoms with Crippen LogP contribution in [0.5, 0.6) is 0 Å². The van der Waals surface area contributed by atoms with Gasteiger partial charge in [0.1, 0.15) is 17.2 Å². The topological polar surface area (TPSA) is 55.4 Å². The van der Waals surface area contributed by atoms with Crippen LogP contribution in [0.15, 0.2) is 42.5 Å². The number of rotatable bonds is 4.